The van der Waals surface area contributed by atoms with Crippen LogP contribution in [0.15, 0.2) is 11.6 Å². The smallest absolute Gasteiger partial charge is 0.222 e. The van der Waals surface area contributed by atoms with Crippen LogP contribution < -0.4 is 10.6 Å². The number of morpholine rings is 1. The number of amides is 1. The van der Waals surface area contributed by atoms with E-state index in [-0.39, 0.29) is 36.8 Å². The van der Waals surface area contributed by atoms with Gasteiger partial charge in [0.2, 0.25) is 5.91 Å². The maximum absolute atomic E-state index is 11.6. The van der Waals surface area contributed by atoms with Gasteiger partial charge in [0.15, 0.2) is 0 Å². The minimum Gasteiger partial charge on any atom is -0.375 e. The van der Waals surface area contributed by atoms with Gasteiger partial charge in [-0.3, -0.25) is 4.79 Å². The molecule has 0 aliphatic carbocycles. The van der Waals surface area contributed by atoms with E-state index in [2.05, 4.69) is 15.6 Å². The number of halogens is 2. The number of nitrogens with zero attached hydrogens (tertiary/aromatic N) is 1. The standard InChI is InChI=1S/C11H17N3O2S.2ClH/c15-10(7-9-8-12-3-5-16-9)13-2-1-11-14-4-6-17-11;;/h4,6,9,12H,1-3,5,7-8H2,(H,13,15);2*1H. The molecule has 0 saturated carbocycles. The predicted octanol–water partition coefficient (Wildman–Crippen LogP) is 1.02. The molecule has 5 nitrogen and oxygen atoms in total. The highest BCUT2D eigenvalue weighted by atomic mass is 35.5. The fourth-order valence-electron chi connectivity index (χ4n) is 1.72. The van der Waals surface area contributed by atoms with Crippen LogP contribution in [0.3, 0.4) is 0 Å². The van der Waals surface area contributed by atoms with E-state index in [1.807, 2.05) is 5.38 Å². The Bertz CT molecular complexity index is 346. The van der Waals surface area contributed by atoms with Crippen molar-refractivity contribution in [2.75, 3.05) is 26.2 Å². The van der Waals surface area contributed by atoms with Crippen molar-refractivity contribution < 1.29 is 9.53 Å². The summed E-state index contributed by atoms with van der Waals surface area (Å²) in [7, 11) is 0. The van der Waals surface area contributed by atoms with Crippen molar-refractivity contribution in [2.24, 2.45) is 0 Å². The SMILES string of the molecule is Cl.Cl.O=C(CC1CNCCO1)NCCc1nccs1. The number of hydrogen-bond acceptors (Lipinski definition) is 5. The molecule has 2 rings (SSSR count). The Kier molecular flexibility index (Phi) is 10.2. The number of carbonyl (C=O) groups excluding carboxylic acids is 1. The van der Waals surface area contributed by atoms with E-state index >= 15 is 0 Å². The maximum Gasteiger partial charge on any atom is 0.222 e. The number of carbonyl (C=O) groups is 1. The highest BCUT2D eigenvalue weighted by Gasteiger charge is 2.16. The predicted molar refractivity (Wildman–Crippen MR) is 80.6 cm³/mol. The molecule has 19 heavy (non-hydrogen) atoms. The highest BCUT2D eigenvalue weighted by Crippen LogP contribution is 2.04. The zero-order valence-electron chi connectivity index (χ0n) is 10.5. The Morgan fingerprint density at radius 1 is 1.58 bits per heavy atom. The lowest BCUT2D eigenvalue weighted by atomic mass is 10.2. The van der Waals surface area contributed by atoms with Gasteiger partial charge in [0.1, 0.15) is 0 Å². The van der Waals surface area contributed by atoms with Crippen LogP contribution in [-0.4, -0.2) is 43.2 Å². The van der Waals surface area contributed by atoms with Gasteiger partial charge in [0.25, 0.3) is 0 Å². The number of ether oxygens (including phenoxy) is 1. The topological polar surface area (TPSA) is 63.2 Å². The van der Waals surface area contributed by atoms with Gasteiger partial charge < -0.3 is 15.4 Å². The van der Waals surface area contributed by atoms with E-state index in [0.717, 1.165) is 24.5 Å². The van der Waals surface area contributed by atoms with Crippen molar-refractivity contribution in [3.63, 3.8) is 0 Å². The molecule has 8 heteroatoms. The van der Waals surface area contributed by atoms with Crippen molar-refractivity contribution in [2.45, 2.75) is 18.9 Å². The first-order valence-corrected chi connectivity index (χ1v) is 6.70. The Morgan fingerprint density at radius 3 is 3.05 bits per heavy atom. The zero-order chi connectivity index (χ0) is 11.9. The average molecular weight is 328 g/mol. The van der Waals surface area contributed by atoms with Crippen LogP contribution in [0, 0.1) is 0 Å². The lowest BCUT2D eigenvalue weighted by molar-refractivity contribution is -0.124. The van der Waals surface area contributed by atoms with Crippen LogP contribution >= 0.6 is 36.2 Å². The van der Waals surface area contributed by atoms with Crippen molar-refractivity contribution in [1.82, 2.24) is 15.6 Å². The van der Waals surface area contributed by atoms with Gasteiger partial charge in [-0.05, 0) is 0 Å². The Labute approximate surface area is 129 Å². The van der Waals surface area contributed by atoms with Crippen LogP contribution in [0.5, 0.6) is 0 Å². The normalized spacial score (nSPS) is 18.0. The minimum atomic E-state index is 0. The monoisotopic (exact) mass is 327 g/mol. The first kappa shape index (κ1) is 18.6. The summed E-state index contributed by atoms with van der Waals surface area (Å²) in [5.41, 5.74) is 0. The second-order valence-electron chi connectivity index (χ2n) is 3.93. The van der Waals surface area contributed by atoms with Crippen LogP contribution in [0.2, 0.25) is 0 Å². The summed E-state index contributed by atoms with van der Waals surface area (Å²) >= 11 is 1.61. The molecule has 110 valence electrons. The van der Waals surface area contributed by atoms with Crippen LogP contribution in [0.1, 0.15) is 11.4 Å². The Balaban J connectivity index is 0.00000162. The van der Waals surface area contributed by atoms with E-state index in [1.165, 1.54) is 0 Å². The van der Waals surface area contributed by atoms with E-state index < -0.39 is 0 Å². The van der Waals surface area contributed by atoms with Gasteiger partial charge in [-0.2, -0.15) is 0 Å². The molecule has 1 aliphatic heterocycles. The third-order valence-electron chi connectivity index (χ3n) is 2.56. The number of rotatable bonds is 5. The molecule has 0 bridgehead atoms. The average Bonchev–Trinajstić information content (AvgIpc) is 2.83. The summed E-state index contributed by atoms with van der Waals surface area (Å²) in [5, 5.41) is 9.09. The third-order valence-corrected chi connectivity index (χ3v) is 3.40. The molecule has 0 aromatic carbocycles. The van der Waals surface area contributed by atoms with E-state index in [4.69, 9.17) is 4.74 Å². The summed E-state index contributed by atoms with van der Waals surface area (Å²) in [6.45, 7) is 2.98. The first-order chi connectivity index (χ1) is 8.34. The molecule has 1 aromatic heterocycles. The molecule has 0 radical (unpaired) electrons. The third kappa shape index (κ3) is 7.08. The Hall–Kier alpha value is -0.400. The molecular formula is C11H19Cl2N3O2S. The fourth-order valence-corrected chi connectivity index (χ4v) is 2.34. The van der Waals surface area contributed by atoms with Gasteiger partial charge in [0.05, 0.1) is 24.1 Å². The lowest BCUT2D eigenvalue weighted by Gasteiger charge is -2.22. The van der Waals surface area contributed by atoms with Crippen molar-refractivity contribution in [3.8, 4) is 0 Å². The molecule has 2 heterocycles. The largest absolute Gasteiger partial charge is 0.375 e. The molecule has 1 aromatic rings. The maximum atomic E-state index is 11.6. The van der Waals surface area contributed by atoms with E-state index in [9.17, 15) is 4.79 Å². The highest BCUT2D eigenvalue weighted by molar-refractivity contribution is 7.09. The fraction of sp³-hybridized carbons (Fsp3) is 0.636. The van der Waals surface area contributed by atoms with E-state index in [1.54, 1.807) is 17.5 Å². The molecule has 0 spiro atoms. The summed E-state index contributed by atoms with van der Waals surface area (Å²) in [5.74, 6) is 0.0512. The molecule has 2 N–H and O–H groups in total. The van der Waals surface area contributed by atoms with Crippen molar-refractivity contribution >= 4 is 42.1 Å². The number of aromatic nitrogens is 1. The molecule has 1 saturated heterocycles. The minimum absolute atomic E-state index is 0. The number of hydrogen-bond donors (Lipinski definition) is 2. The molecule has 1 atom stereocenters. The summed E-state index contributed by atoms with van der Waals surface area (Å²) in [4.78, 5) is 15.8. The van der Waals surface area contributed by atoms with Crippen LogP contribution in [0.25, 0.3) is 0 Å². The van der Waals surface area contributed by atoms with E-state index in [0.29, 0.717) is 19.6 Å². The Morgan fingerprint density at radius 2 is 2.42 bits per heavy atom. The lowest BCUT2D eigenvalue weighted by Crippen LogP contribution is -2.41. The van der Waals surface area contributed by atoms with Crippen molar-refractivity contribution in [1.29, 1.82) is 0 Å². The molecule has 1 fully saturated rings. The first-order valence-electron chi connectivity index (χ1n) is 5.82. The van der Waals surface area contributed by atoms with Gasteiger partial charge in [-0.15, -0.1) is 36.2 Å². The quantitative estimate of drug-likeness (QED) is 0.847. The van der Waals surface area contributed by atoms with Gasteiger partial charge in [-0.1, -0.05) is 0 Å². The molecule has 1 amide bonds. The van der Waals surface area contributed by atoms with Crippen LogP contribution in [0.4, 0.5) is 0 Å². The second kappa shape index (κ2) is 10.4. The number of nitrogens with one attached hydrogen (secondary N) is 2. The second-order valence-corrected chi connectivity index (χ2v) is 4.91. The van der Waals surface area contributed by atoms with Gasteiger partial charge in [0, 0.05) is 37.6 Å². The summed E-state index contributed by atoms with van der Waals surface area (Å²) < 4.78 is 5.47. The summed E-state index contributed by atoms with van der Waals surface area (Å²) in [6, 6.07) is 0. The summed E-state index contributed by atoms with van der Waals surface area (Å²) in [6.07, 6.45) is 3.03. The van der Waals surface area contributed by atoms with Gasteiger partial charge in [-0.25, -0.2) is 4.98 Å². The molecule has 1 aliphatic rings. The number of thiazole rings is 1. The van der Waals surface area contributed by atoms with Gasteiger partial charge >= 0.3 is 0 Å². The van der Waals surface area contributed by atoms with Crippen LogP contribution in [-0.2, 0) is 16.0 Å². The molecular weight excluding hydrogens is 309 g/mol. The van der Waals surface area contributed by atoms with Crippen molar-refractivity contribution in [3.05, 3.63) is 16.6 Å². The zero-order valence-corrected chi connectivity index (χ0v) is 12.9. The molecule has 1 unspecified atom stereocenters.